The average molecular weight is 243 g/mol. The number of thiol groups is 1. The molecule has 1 heterocycles. The van der Waals surface area contributed by atoms with E-state index < -0.39 is 0 Å². The maximum atomic E-state index is 4.52. The van der Waals surface area contributed by atoms with Crippen LogP contribution in [0.1, 0.15) is 41.0 Å². The van der Waals surface area contributed by atoms with Crippen LogP contribution in [-0.4, -0.2) is 30.3 Å². The first-order valence-electron chi connectivity index (χ1n) is 6.67. The largest absolute Gasteiger partial charge is 0.303 e. The van der Waals surface area contributed by atoms with Crippen molar-refractivity contribution in [3.8, 4) is 0 Å². The highest BCUT2D eigenvalue weighted by Gasteiger charge is 2.30. The first-order chi connectivity index (χ1) is 7.34. The normalized spacial score (nSPS) is 25.3. The molecule has 16 heavy (non-hydrogen) atoms. The molecule has 2 atom stereocenters. The predicted octanol–water partition coefficient (Wildman–Crippen LogP) is 3.56. The van der Waals surface area contributed by atoms with Gasteiger partial charge in [0.25, 0.3) is 0 Å². The van der Waals surface area contributed by atoms with Crippen LogP contribution in [0, 0.1) is 23.2 Å². The summed E-state index contributed by atoms with van der Waals surface area (Å²) in [4.78, 5) is 2.65. The Labute approximate surface area is 107 Å². The molecule has 0 saturated carbocycles. The molecular formula is C14H29NS. The minimum atomic E-state index is 0.387. The Kier molecular flexibility index (Phi) is 5.18. The van der Waals surface area contributed by atoms with Gasteiger partial charge < -0.3 is 4.90 Å². The van der Waals surface area contributed by atoms with E-state index in [1.807, 2.05) is 0 Å². The van der Waals surface area contributed by atoms with Gasteiger partial charge in [-0.1, -0.05) is 34.6 Å². The van der Waals surface area contributed by atoms with Gasteiger partial charge in [0.1, 0.15) is 0 Å². The summed E-state index contributed by atoms with van der Waals surface area (Å²) in [7, 11) is 0. The van der Waals surface area contributed by atoms with Crippen LogP contribution in [0.25, 0.3) is 0 Å². The summed E-state index contributed by atoms with van der Waals surface area (Å²) in [6, 6.07) is 0. The molecule has 0 spiro atoms. The molecule has 1 fully saturated rings. The quantitative estimate of drug-likeness (QED) is 0.739. The van der Waals surface area contributed by atoms with E-state index in [1.54, 1.807) is 0 Å². The monoisotopic (exact) mass is 243 g/mol. The summed E-state index contributed by atoms with van der Waals surface area (Å²) in [5.41, 5.74) is 0.387. The van der Waals surface area contributed by atoms with Crippen molar-refractivity contribution in [2.24, 2.45) is 23.2 Å². The highest BCUT2D eigenvalue weighted by atomic mass is 32.1. The second-order valence-electron chi connectivity index (χ2n) is 6.80. The van der Waals surface area contributed by atoms with Crippen molar-refractivity contribution in [3.63, 3.8) is 0 Å². The molecule has 0 bridgehead atoms. The van der Waals surface area contributed by atoms with E-state index in [0.29, 0.717) is 11.3 Å². The van der Waals surface area contributed by atoms with Crippen LogP contribution < -0.4 is 0 Å². The van der Waals surface area contributed by atoms with Gasteiger partial charge in [0.15, 0.2) is 0 Å². The molecule has 0 aromatic carbocycles. The SMILES string of the molecule is CC(C)C1CCN(CC(CS)C(C)(C)C)C1. The first-order valence-corrected chi connectivity index (χ1v) is 7.31. The average Bonchev–Trinajstić information content (AvgIpc) is 2.60. The zero-order valence-corrected chi connectivity index (χ0v) is 12.6. The van der Waals surface area contributed by atoms with Crippen molar-refractivity contribution >= 4 is 12.6 Å². The fourth-order valence-electron chi connectivity index (χ4n) is 2.49. The third-order valence-corrected chi connectivity index (χ3v) is 4.62. The third kappa shape index (κ3) is 3.96. The van der Waals surface area contributed by atoms with Crippen molar-refractivity contribution in [1.29, 1.82) is 0 Å². The molecule has 1 aliphatic rings. The van der Waals surface area contributed by atoms with Gasteiger partial charge in [0.05, 0.1) is 0 Å². The van der Waals surface area contributed by atoms with Crippen LogP contribution >= 0.6 is 12.6 Å². The molecule has 0 radical (unpaired) electrons. The van der Waals surface area contributed by atoms with E-state index in [4.69, 9.17) is 0 Å². The molecular weight excluding hydrogens is 214 g/mol. The number of hydrogen-bond donors (Lipinski definition) is 1. The highest BCUT2D eigenvalue weighted by molar-refractivity contribution is 7.80. The van der Waals surface area contributed by atoms with Gasteiger partial charge in [-0.2, -0.15) is 12.6 Å². The lowest BCUT2D eigenvalue weighted by atomic mass is 9.81. The molecule has 1 saturated heterocycles. The highest BCUT2D eigenvalue weighted by Crippen LogP contribution is 2.30. The van der Waals surface area contributed by atoms with Crippen LogP contribution in [-0.2, 0) is 0 Å². The van der Waals surface area contributed by atoms with Gasteiger partial charge in [0, 0.05) is 13.1 Å². The molecule has 0 N–H and O–H groups in total. The molecule has 0 amide bonds. The van der Waals surface area contributed by atoms with Crippen molar-refractivity contribution < 1.29 is 0 Å². The number of rotatable bonds is 4. The summed E-state index contributed by atoms with van der Waals surface area (Å²) in [6.07, 6.45) is 1.39. The lowest BCUT2D eigenvalue weighted by Gasteiger charge is -2.33. The van der Waals surface area contributed by atoms with Gasteiger partial charge in [-0.3, -0.25) is 0 Å². The van der Waals surface area contributed by atoms with Crippen molar-refractivity contribution in [3.05, 3.63) is 0 Å². The zero-order valence-electron chi connectivity index (χ0n) is 11.7. The molecule has 2 heteroatoms. The van der Waals surface area contributed by atoms with Gasteiger partial charge in [-0.15, -0.1) is 0 Å². The Morgan fingerprint density at radius 3 is 2.31 bits per heavy atom. The van der Waals surface area contributed by atoms with E-state index in [1.165, 1.54) is 26.1 Å². The summed E-state index contributed by atoms with van der Waals surface area (Å²) in [5.74, 6) is 3.48. The van der Waals surface area contributed by atoms with E-state index in [-0.39, 0.29) is 0 Å². The minimum Gasteiger partial charge on any atom is -0.303 e. The van der Waals surface area contributed by atoms with Crippen LogP contribution in [0.3, 0.4) is 0 Å². The molecule has 96 valence electrons. The molecule has 1 rings (SSSR count). The van der Waals surface area contributed by atoms with Crippen LogP contribution in [0.5, 0.6) is 0 Å². The van der Waals surface area contributed by atoms with Gasteiger partial charge in [-0.25, -0.2) is 0 Å². The molecule has 0 aromatic heterocycles. The Hall–Kier alpha value is 0.310. The molecule has 0 aliphatic carbocycles. The van der Waals surface area contributed by atoms with E-state index >= 15 is 0 Å². The topological polar surface area (TPSA) is 3.24 Å². The number of nitrogens with zero attached hydrogens (tertiary/aromatic N) is 1. The fourth-order valence-corrected chi connectivity index (χ4v) is 3.15. The zero-order chi connectivity index (χ0) is 12.3. The summed E-state index contributed by atoms with van der Waals surface area (Å²) < 4.78 is 0. The third-order valence-electron chi connectivity index (χ3n) is 4.18. The van der Waals surface area contributed by atoms with Crippen LogP contribution in [0.2, 0.25) is 0 Å². The molecule has 2 unspecified atom stereocenters. The molecule has 1 nitrogen and oxygen atoms in total. The second-order valence-corrected chi connectivity index (χ2v) is 7.16. The lowest BCUT2D eigenvalue weighted by Crippen LogP contribution is -2.35. The van der Waals surface area contributed by atoms with Crippen molar-refractivity contribution in [2.45, 2.75) is 41.0 Å². The van der Waals surface area contributed by atoms with Crippen molar-refractivity contribution in [2.75, 3.05) is 25.4 Å². The first kappa shape index (κ1) is 14.4. The maximum absolute atomic E-state index is 4.52. The summed E-state index contributed by atoms with van der Waals surface area (Å²) in [6.45, 7) is 15.6. The smallest absolute Gasteiger partial charge is 0.00226 e. The minimum absolute atomic E-state index is 0.387. The molecule has 0 aromatic rings. The van der Waals surface area contributed by atoms with E-state index in [2.05, 4.69) is 52.1 Å². The van der Waals surface area contributed by atoms with Gasteiger partial charge in [0.2, 0.25) is 0 Å². The predicted molar refractivity (Wildman–Crippen MR) is 76.2 cm³/mol. The maximum Gasteiger partial charge on any atom is 0.00226 e. The molecule has 1 aliphatic heterocycles. The summed E-state index contributed by atoms with van der Waals surface area (Å²) in [5, 5.41) is 0. The van der Waals surface area contributed by atoms with Gasteiger partial charge >= 0.3 is 0 Å². The Balaban J connectivity index is 2.44. The number of likely N-dealkylation sites (tertiary alicyclic amines) is 1. The second kappa shape index (κ2) is 5.77. The van der Waals surface area contributed by atoms with Crippen molar-refractivity contribution in [1.82, 2.24) is 4.90 Å². The van der Waals surface area contributed by atoms with E-state index in [0.717, 1.165) is 17.6 Å². The number of hydrogen-bond acceptors (Lipinski definition) is 2. The Bertz CT molecular complexity index is 207. The van der Waals surface area contributed by atoms with Crippen LogP contribution in [0.15, 0.2) is 0 Å². The van der Waals surface area contributed by atoms with Gasteiger partial charge in [-0.05, 0) is 41.9 Å². The Morgan fingerprint density at radius 2 is 1.94 bits per heavy atom. The summed E-state index contributed by atoms with van der Waals surface area (Å²) >= 11 is 4.52. The van der Waals surface area contributed by atoms with Crippen LogP contribution in [0.4, 0.5) is 0 Å². The lowest BCUT2D eigenvalue weighted by molar-refractivity contribution is 0.180. The fraction of sp³-hybridized carbons (Fsp3) is 1.00. The van der Waals surface area contributed by atoms with E-state index in [9.17, 15) is 0 Å². The standard InChI is InChI=1S/C14H29NS/c1-11(2)12-6-7-15(8-12)9-13(10-16)14(3,4)5/h11-13,16H,6-10H2,1-5H3. The Morgan fingerprint density at radius 1 is 1.31 bits per heavy atom.